The van der Waals surface area contributed by atoms with Gasteiger partial charge in [0.05, 0.1) is 6.04 Å². The molecule has 0 spiro atoms. The van der Waals surface area contributed by atoms with Crippen LogP contribution in [0.15, 0.2) is 82.4 Å². The fourth-order valence-electron chi connectivity index (χ4n) is 5.52. The topological polar surface area (TPSA) is 143 Å². The van der Waals surface area contributed by atoms with Crippen LogP contribution in [-0.4, -0.2) is 83.4 Å². The summed E-state index contributed by atoms with van der Waals surface area (Å²) in [5, 5.41) is 15.6. The molecule has 4 aromatic rings. The average Bonchev–Trinajstić information content (AvgIpc) is 3.36. The Balaban J connectivity index is 0.000000488. The Labute approximate surface area is 254 Å². The first-order valence-corrected chi connectivity index (χ1v) is 14.4. The van der Waals surface area contributed by atoms with Crippen LogP contribution in [0.1, 0.15) is 29.4 Å². The zero-order valence-electron chi connectivity index (χ0n) is 25.2. The van der Waals surface area contributed by atoms with Gasteiger partial charge in [0, 0.05) is 65.9 Å². The number of aryl methyl sites for hydroxylation is 3. The third kappa shape index (κ3) is 7.57. The lowest BCUT2D eigenvalue weighted by atomic mass is 9.96. The molecular weight excluding hydrogens is 564 g/mol. The number of rotatable bonds is 9. The molecule has 0 bridgehead atoms. The Kier molecular flexibility index (Phi) is 10.6. The molecule has 0 unspecified atom stereocenters. The Hall–Kier alpha value is -4.81. The second kappa shape index (κ2) is 14.6. The highest BCUT2D eigenvalue weighted by Crippen LogP contribution is 2.29. The average molecular weight is 603 g/mol. The Bertz CT molecular complexity index is 1680. The van der Waals surface area contributed by atoms with E-state index in [0.29, 0.717) is 23.3 Å². The lowest BCUT2D eigenvalue weighted by Crippen LogP contribution is -2.48. The summed E-state index contributed by atoms with van der Waals surface area (Å²) in [4.78, 5) is 53.7. The number of benzene rings is 2. The maximum atomic E-state index is 12.6. The Morgan fingerprint density at radius 2 is 1.32 bits per heavy atom. The molecule has 2 N–H and O–H groups in total. The highest BCUT2D eigenvalue weighted by Gasteiger charge is 2.26. The van der Waals surface area contributed by atoms with Gasteiger partial charge in [-0.3, -0.25) is 18.8 Å². The first-order chi connectivity index (χ1) is 21.1. The van der Waals surface area contributed by atoms with Crippen LogP contribution in [0.3, 0.4) is 0 Å². The van der Waals surface area contributed by atoms with Crippen LogP contribution in [0.2, 0.25) is 0 Å². The van der Waals surface area contributed by atoms with Crippen LogP contribution in [0.5, 0.6) is 0 Å². The van der Waals surface area contributed by atoms with Crippen LogP contribution in [0.4, 0.5) is 0 Å². The molecule has 3 heterocycles. The lowest BCUT2D eigenvalue weighted by Gasteiger charge is -2.39. The molecule has 0 radical (unpaired) electrons. The highest BCUT2D eigenvalue weighted by atomic mass is 16.4. The number of fused-ring (bicyclic) bond motifs is 1. The van der Waals surface area contributed by atoms with Gasteiger partial charge in [0.25, 0.3) is 5.56 Å². The number of hydrogen-bond acceptors (Lipinski definition) is 7. The van der Waals surface area contributed by atoms with Crippen molar-refractivity contribution in [3.05, 3.63) is 111 Å². The number of carbonyl (C=O) groups is 2. The van der Waals surface area contributed by atoms with Crippen molar-refractivity contribution in [3.8, 4) is 0 Å². The van der Waals surface area contributed by atoms with Crippen LogP contribution in [0, 0.1) is 0 Å². The van der Waals surface area contributed by atoms with Crippen molar-refractivity contribution >= 4 is 23.1 Å². The van der Waals surface area contributed by atoms with Gasteiger partial charge in [-0.05, 0) is 24.1 Å². The number of piperazine rings is 1. The summed E-state index contributed by atoms with van der Waals surface area (Å²) in [6.07, 6.45) is 2.83. The number of aliphatic carboxylic acids is 2. The zero-order chi connectivity index (χ0) is 31.8. The molecule has 1 aliphatic rings. The molecule has 0 atom stereocenters. The second-order valence-electron chi connectivity index (χ2n) is 10.7. The first-order valence-electron chi connectivity index (χ1n) is 14.4. The lowest BCUT2D eigenvalue weighted by molar-refractivity contribution is -0.134. The minimum atomic E-state index is -1.26. The van der Waals surface area contributed by atoms with E-state index in [1.54, 1.807) is 7.05 Å². The van der Waals surface area contributed by atoms with Crippen LogP contribution >= 0.6 is 0 Å². The molecule has 12 nitrogen and oxygen atoms in total. The van der Waals surface area contributed by atoms with Crippen molar-refractivity contribution in [2.75, 3.05) is 32.7 Å². The molecule has 1 fully saturated rings. The molecule has 44 heavy (non-hydrogen) atoms. The molecule has 5 rings (SSSR count). The van der Waals surface area contributed by atoms with E-state index in [-0.39, 0.29) is 17.3 Å². The number of hydrogen-bond donors (Lipinski definition) is 2. The summed E-state index contributed by atoms with van der Waals surface area (Å²) in [5.74, 6) is -1.67. The molecule has 1 saturated heterocycles. The van der Waals surface area contributed by atoms with E-state index in [4.69, 9.17) is 10.2 Å². The monoisotopic (exact) mass is 602 g/mol. The van der Waals surface area contributed by atoms with Crippen molar-refractivity contribution in [3.63, 3.8) is 0 Å². The summed E-state index contributed by atoms with van der Waals surface area (Å²) in [6, 6.07) is 21.8. The van der Waals surface area contributed by atoms with E-state index < -0.39 is 11.9 Å². The smallest absolute Gasteiger partial charge is 0.332 e. The summed E-state index contributed by atoms with van der Waals surface area (Å²) in [7, 11) is 5.04. The maximum Gasteiger partial charge on any atom is 0.332 e. The van der Waals surface area contributed by atoms with Gasteiger partial charge in [0.2, 0.25) is 0 Å². The summed E-state index contributed by atoms with van der Waals surface area (Å²) in [6.45, 7) is 5.05. The van der Waals surface area contributed by atoms with Crippen LogP contribution in [0.25, 0.3) is 11.2 Å². The molecule has 1 aliphatic heterocycles. The van der Waals surface area contributed by atoms with Gasteiger partial charge in [-0.15, -0.1) is 0 Å². The van der Waals surface area contributed by atoms with Gasteiger partial charge in [-0.2, -0.15) is 0 Å². The molecule has 0 aliphatic carbocycles. The third-order valence-electron chi connectivity index (χ3n) is 7.81. The number of carboxylic acids is 2. The summed E-state index contributed by atoms with van der Waals surface area (Å²) in [5.41, 5.74) is 2.97. The van der Waals surface area contributed by atoms with Crippen LogP contribution < -0.4 is 11.2 Å². The van der Waals surface area contributed by atoms with Crippen molar-refractivity contribution in [2.24, 2.45) is 21.1 Å². The van der Waals surface area contributed by atoms with Gasteiger partial charge >= 0.3 is 17.6 Å². The number of nitrogens with zero attached hydrogens (tertiary/aromatic N) is 6. The van der Waals surface area contributed by atoms with E-state index in [2.05, 4.69) is 75.4 Å². The van der Waals surface area contributed by atoms with Crippen molar-refractivity contribution in [1.29, 1.82) is 0 Å². The van der Waals surface area contributed by atoms with E-state index >= 15 is 0 Å². The van der Waals surface area contributed by atoms with Gasteiger partial charge < -0.3 is 19.7 Å². The van der Waals surface area contributed by atoms with E-state index in [1.165, 1.54) is 22.7 Å². The fourth-order valence-corrected chi connectivity index (χ4v) is 5.52. The molecular formula is C32H38N6O6. The summed E-state index contributed by atoms with van der Waals surface area (Å²) < 4.78 is 4.44. The zero-order valence-corrected chi connectivity index (χ0v) is 25.2. The molecule has 12 heteroatoms. The molecule has 2 aromatic heterocycles. The second-order valence-corrected chi connectivity index (χ2v) is 10.7. The number of imidazole rings is 1. The summed E-state index contributed by atoms with van der Waals surface area (Å²) >= 11 is 0. The minimum Gasteiger partial charge on any atom is -0.478 e. The predicted octanol–water partition coefficient (Wildman–Crippen LogP) is 2.02. The van der Waals surface area contributed by atoms with Crippen molar-refractivity contribution in [1.82, 2.24) is 28.5 Å². The molecule has 2 aromatic carbocycles. The van der Waals surface area contributed by atoms with Crippen LogP contribution in [-0.2, 0) is 37.2 Å². The number of aromatic nitrogens is 4. The Morgan fingerprint density at radius 3 is 1.82 bits per heavy atom. The fraction of sp³-hybridized carbons (Fsp3) is 0.344. The largest absolute Gasteiger partial charge is 0.478 e. The highest BCUT2D eigenvalue weighted by molar-refractivity contribution is 5.89. The quantitative estimate of drug-likeness (QED) is 0.275. The molecule has 232 valence electrons. The minimum absolute atomic E-state index is 0.267. The first kappa shape index (κ1) is 32.1. The normalized spacial score (nSPS) is 14.2. The van der Waals surface area contributed by atoms with Gasteiger partial charge in [0.1, 0.15) is 5.82 Å². The van der Waals surface area contributed by atoms with Crippen molar-refractivity contribution < 1.29 is 19.8 Å². The van der Waals surface area contributed by atoms with Gasteiger partial charge in [-0.25, -0.2) is 19.4 Å². The molecule has 0 saturated carbocycles. The van der Waals surface area contributed by atoms with Gasteiger partial charge in [-0.1, -0.05) is 60.7 Å². The molecule has 0 amide bonds. The van der Waals surface area contributed by atoms with E-state index in [1.807, 2.05) is 11.6 Å². The van der Waals surface area contributed by atoms with Crippen molar-refractivity contribution in [2.45, 2.75) is 18.9 Å². The van der Waals surface area contributed by atoms with E-state index in [0.717, 1.165) is 56.0 Å². The standard InChI is InChI=1S/C28H34N6O2.C4H4O4/c1-30-23(29-26-25(30)27(35)32(3)28(36)31(26)2)15-10-16-33-17-19-34(20-18-33)24(21-11-6-4-7-12-21)22-13-8-5-9-14-22;5-3(6)1-2-4(7)8/h4-9,11-14,24H,10,15-20H2,1-3H3;1-2H,(H,5,6)(H,7,8)/b;2-1+. The Morgan fingerprint density at radius 1 is 0.795 bits per heavy atom. The number of carboxylic acid groups (broad SMARTS) is 2. The SMILES string of the molecule is Cn1c(=O)c2c(nc(CCCN3CCN(C(c4ccccc4)c4ccccc4)CC3)n2C)n(C)c1=O.O=C(O)/C=C/C(=O)O. The predicted molar refractivity (Wildman–Crippen MR) is 167 cm³/mol. The van der Waals surface area contributed by atoms with E-state index in [9.17, 15) is 19.2 Å². The van der Waals surface area contributed by atoms with Gasteiger partial charge in [0.15, 0.2) is 11.2 Å². The third-order valence-corrected chi connectivity index (χ3v) is 7.81. The maximum absolute atomic E-state index is 12.6.